The summed E-state index contributed by atoms with van der Waals surface area (Å²) in [6.07, 6.45) is 0. The summed E-state index contributed by atoms with van der Waals surface area (Å²) in [5.41, 5.74) is 6.29. The Morgan fingerprint density at radius 3 is 2.21 bits per heavy atom. The number of aromatic nitrogens is 1. The topological polar surface area (TPSA) is 91.6 Å². The van der Waals surface area contributed by atoms with Gasteiger partial charge >= 0.3 is 0 Å². The number of benzene rings is 2. The molecular formula is C23H27F2N5O2S. The summed E-state index contributed by atoms with van der Waals surface area (Å²) < 4.78 is 27.9. The number of carbonyl (C=O) groups excluding carboxylic acids is 2. The molecule has 1 heterocycles. The molecule has 0 aliphatic heterocycles. The van der Waals surface area contributed by atoms with Crippen molar-refractivity contribution in [2.45, 2.75) is 7.43 Å². The van der Waals surface area contributed by atoms with Crippen LogP contribution in [0.15, 0.2) is 42.5 Å². The van der Waals surface area contributed by atoms with Gasteiger partial charge in [-0.3, -0.25) is 9.59 Å². The zero-order valence-electron chi connectivity index (χ0n) is 17.9. The quantitative estimate of drug-likeness (QED) is 0.474. The minimum Gasteiger partial charge on any atom is -0.382 e. The van der Waals surface area contributed by atoms with E-state index in [2.05, 4.69) is 10.3 Å². The molecule has 0 atom stereocenters. The summed E-state index contributed by atoms with van der Waals surface area (Å²) in [6.45, 7) is 1.36. The molecule has 0 fully saturated rings. The van der Waals surface area contributed by atoms with E-state index in [1.54, 1.807) is 36.2 Å². The summed E-state index contributed by atoms with van der Waals surface area (Å²) in [5, 5.41) is 3.27. The van der Waals surface area contributed by atoms with Gasteiger partial charge in [0.25, 0.3) is 5.91 Å². The minimum absolute atomic E-state index is 0. The lowest BCUT2D eigenvalue weighted by Gasteiger charge is -2.19. The van der Waals surface area contributed by atoms with Crippen LogP contribution in [0.1, 0.15) is 33.0 Å². The van der Waals surface area contributed by atoms with E-state index in [0.717, 1.165) is 30.0 Å². The number of anilines is 3. The number of halogens is 2. The Balaban J connectivity index is 0.00000385. The first-order chi connectivity index (χ1) is 15.2. The first kappa shape index (κ1) is 25.9. The van der Waals surface area contributed by atoms with E-state index in [4.69, 9.17) is 5.73 Å². The number of hydrogen-bond acceptors (Lipinski definition) is 7. The maximum atomic E-state index is 14.0. The number of rotatable bonds is 8. The molecule has 2 aromatic carbocycles. The predicted molar refractivity (Wildman–Crippen MR) is 128 cm³/mol. The molecule has 0 spiro atoms. The van der Waals surface area contributed by atoms with Gasteiger partial charge in [0.1, 0.15) is 22.3 Å². The van der Waals surface area contributed by atoms with Crippen LogP contribution in [0.3, 0.4) is 0 Å². The lowest BCUT2D eigenvalue weighted by atomic mass is 10.1. The Hall–Kier alpha value is -3.37. The van der Waals surface area contributed by atoms with Crippen molar-refractivity contribution >= 4 is 39.7 Å². The molecule has 0 aliphatic rings. The number of nitrogens with one attached hydrogen (secondary N) is 1. The zero-order chi connectivity index (χ0) is 23.4. The van der Waals surface area contributed by atoms with Crippen LogP contribution < -0.4 is 11.1 Å². The molecule has 0 bridgehead atoms. The van der Waals surface area contributed by atoms with Crippen LogP contribution in [-0.4, -0.2) is 60.7 Å². The Labute approximate surface area is 195 Å². The van der Waals surface area contributed by atoms with Crippen molar-refractivity contribution in [3.8, 4) is 0 Å². The summed E-state index contributed by atoms with van der Waals surface area (Å²) in [4.78, 5) is 32.7. The van der Waals surface area contributed by atoms with E-state index < -0.39 is 23.0 Å². The van der Waals surface area contributed by atoms with Crippen LogP contribution >= 0.6 is 11.3 Å². The molecule has 176 valence electrons. The van der Waals surface area contributed by atoms with Crippen LogP contribution in [0, 0.1) is 11.6 Å². The van der Waals surface area contributed by atoms with Crippen molar-refractivity contribution in [2.24, 2.45) is 0 Å². The number of likely N-dealkylation sites (N-methyl/N-ethyl adjacent to an activating group) is 2. The van der Waals surface area contributed by atoms with Gasteiger partial charge < -0.3 is 20.9 Å². The first-order valence-corrected chi connectivity index (χ1v) is 10.5. The van der Waals surface area contributed by atoms with Crippen molar-refractivity contribution in [1.29, 1.82) is 0 Å². The SMILES string of the molecule is C.CN(C)CCN(C)C(=O)c1ccc(Nc2nc(N)c(C(=O)c3c(F)cccc3F)s2)cc1. The highest BCUT2D eigenvalue weighted by atomic mass is 32.1. The standard InChI is InChI=1S/C22H23F2N5O2S.CH4/c1-28(2)11-12-29(3)21(31)13-7-9-14(10-8-13)26-22-27-20(25)19(32-22)18(30)17-15(23)5-4-6-16(17)24;/h4-10H,11-12,25H2,1-3H3,(H,26,27);1H4. The molecule has 0 saturated carbocycles. The number of nitrogens with two attached hydrogens (primary N) is 1. The van der Waals surface area contributed by atoms with Crippen molar-refractivity contribution in [3.05, 3.63) is 70.1 Å². The Bertz CT molecular complexity index is 1110. The smallest absolute Gasteiger partial charge is 0.253 e. The number of amides is 1. The monoisotopic (exact) mass is 475 g/mol. The molecule has 3 N–H and O–H groups in total. The summed E-state index contributed by atoms with van der Waals surface area (Å²) in [5.74, 6) is -3.03. The molecular weight excluding hydrogens is 448 g/mol. The molecule has 7 nitrogen and oxygen atoms in total. The average molecular weight is 476 g/mol. The van der Waals surface area contributed by atoms with Crippen molar-refractivity contribution < 1.29 is 18.4 Å². The highest BCUT2D eigenvalue weighted by Gasteiger charge is 2.24. The fraction of sp³-hybridized carbons (Fsp3) is 0.261. The van der Waals surface area contributed by atoms with Gasteiger partial charge in [-0.25, -0.2) is 13.8 Å². The number of nitrogen functional groups attached to an aromatic ring is 1. The molecule has 3 aromatic rings. The number of carbonyl (C=O) groups is 2. The third-order valence-corrected chi connectivity index (χ3v) is 5.65. The van der Waals surface area contributed by atoms with Gasteiger partial charge in [-0.2, -0.15) is 0 Å². The van der Waals surface area contributed by atoms with Crippen LogP contribution in [0.25, 0.3) is 0 Å². The average Bonchev–Trinajstić information content (AvgIpc) is 3.11. The Kier molecular flexibility index (Phi) is 8.61. The highest BCUT2D eigenvalue weighted by Crippen LogP contribution is 2.31. The van der Waals surface area contributed by atoms with Crippen molar-refractivity contribution in [2.75, 3.05) is 45.3 Å². The molecule has 3 rings (SSSR count). The van der Waals surface area contributed by atoms with E-state index in [1.165, 1.54) is 6.07 Å². The van der Waals surface area contributed by atoms with Crippen LogP contribution in [0.5, 0.6) is 0 Å². The fourth-order valence-electron chi connectivity index (χ4n) is 2.87. The molecule has 10 heteroatoms. The third kappa shape index (κ3) is 6.11. The molecule has 0 aliphatic carbocycles. The lowest BCUT2D eigenvalue weighted by molar-refractivity contribution is 0.0786. The molecule has 0 unspecified atom stereocenters. The number of nitrogens with zero attached hydrogens (tertiary/aromatic N) is 3. The Morgan fingerprint density at radius 1 is 1.03 bits per heavy atom. The van der Waals surface area contributed by atoms with Crippen LogP contribution in [0.2, 0.25) is 0 Å². The van der Waals surface area contributed by atoms with Crippen LogP contribution in [0.4, 0.5) is 25.4 Å². The summed E-state index contributed by atoms with van der Waals surface area (Å²) >= 11 is 0.889. The fourth-order valence-corrected chi connectivity index (χ4v) is 3.72. The molecule has 0 saturated heterocycles. The summed E-state index contributed by atoms with van der Waals surface area (Å²) in [6, 6.07) is 9.94. The van der Waals surface area contributed by atoms with Crippen LogP contribution in [-0.2, 0) is 0 Å². The van der Waals surface area contributed by atoms with Gasteiger partial charge in [-0.1, -0.05) is 24.8 Å². The molecule has 1 amide bonds. The van der Waals surface area contributed by atoms with E-state index in [1.807, 2.05) is 19.0 Å². The van der Waals surface area contributed by atoms with E-state index >= 15 is 0 Å². The van der Waals surface area contributed by atoms with E-state index in [0.29, 0.717) is 17.8 Å². The number of ketones is 1. The van der Waals surface area contributed by atoms with Crippen molar-refractivity contribution in [3.63, 3.8) is 0 Å². The first-order valence-electron chi connectivity index (χ1n) is 9.69. The predicted octanol–water partition coefficient (Wildman–Crippen LogP) is 4.25. The maximum absolute atomic E-state index is 14.0. The second kappa shape index (κ2) is 11.0. The minimum atomic E-state index is -0.965. The van der Waals surface area contributed by atoms with E-state index in [-0.39, 0.29) is 29.2 Å². The third-order valence-electron chi connectivity index (χ3n) is 4.66. The van der Waals surface area contributed by atoms with Crippen molar-refractivity contribution in [1.82, 2.24) is 14.8 Å². The highest BCUT2D eigenvalue weighted by molar-refractivity contribution is 7.18. The molecule has 0 radical (unpaired) electrons. The number of hydrogen-bond donors (Lipinski definition) is 2. The van der Waals surface area contributed by atoms with Gasteiger partial charge in [0.2, 0.25) is 5.78 Å². The maximum Gasteiger partial charge on any atom is 0.253 e. The Morgan fingerprint density at radius 2 is 1.64 bits per heavy atom. The van der Waals surface area contributed by atoms with Gasteiger partial charge in [0.05, 0.1) is 5.56 Å². The van der Waals surface area contributed by atoms with Gasteiger partial charge in [-0.05, 0) is 50.5 Å². The van der Waals surface area contributed by atoms with Gasteiger partial charge in [-0.15, -0.1) is 0 Å². The largest absolute Gasteiger partial charge is 0.382 e. The number of thiazole rings is 1. The lowest BCUT2D eigenvalue weighted by Crippen LogP contribution is -2.33. The summed E-state index contributed by atoms with van der Waals surface area (Å²) in [7, 11) is 5.62. The zero-order valence-corrected chi connectivity index (χ0v) is 18.7. The normalized spacial score (nSPS) is 10.6. The second-order valence-corrected chi connectivity index (χ2v) is 8.39. The molecule has 1 aromatic heterocycles. The van der Waals surface area contributed by atoms with Gasteiger partial charge in [0.15, 0.2) is 5.13 Å². The molecule has 33 heavy (non-hydrogen) atoms. The van der Waals surface area contributed by atoms with E-state index in [9.17, 15) is 18.4 Å². The van der Waals surface area contributed by atoms with Gasteiger partial charge in [0, 0.05) is 31.4 Å². The second-order valence-electron chi connectivity index (χ2n) is 7.39.